The van der Waals surface area contributed by atoms with Crippen LogP contribution >= 0.6 is 0 Å². The maximum absolute atomic E-state index is 13.0. The number of carbonyl (C=O) groups is 1. The molecule has 0 atom stereocenters. The van der Waals surface area contributed by atoms with E-state index < -0.39 is 10.0 Å². The monoisotopic (exact) mass is 434 g/mol. The standard InChI is InChI=1S/C20H26N4O5S/c1-14(2)24-19(5-8-21-24)22-20(25)15-6-9-23(10-7-15)30(26,27)16-3-4-17-18(13-16)29-12-11-28-17/h3-5,8,13-15H,6-7,9-12H2,1-2H3,(H,22,25). The summed E-state index contributed by atoms with van der Waals surface area (Å²) in [5, 5.41) is 7.14. The van der Waals surface area contributed by atoms with Crippen molar-refractivity contribution in [2.24, 2.45) is 5.92 Å². The van der Waals surface area contributed by atoms with Crippen LogP contribution in [0.1, 0.15) is 32.7 Å². The van der Waals surface area contributed by atoms with Gasteiger partial charge in [0.1, 0.15) is 19.0 Å². The van der Waals surface area contributed by atoms with Crippen molar-refractivity contribution in [3.63, 3.8) is 0 Å². The topological polar surface area (TPSA) is 103 Å². The van der Waals surface area contributed by atoms with E-state index in [1.807, 2.05) is 13.8 Å². The van der Waals surface area contributed by atoms with Crippen LogP contribution in [0.4, 0.5) is 5.82 Å². The SMILES string of the molecule is CC(C)n1nccc1NC(=O)C1CCN(S(=O)(=O)c2ccc3c(c2)OCCO3)CC1. The van der Waals surface area contributed by atoms with Crippen LogP contribution in [-0.2, 0) is 14.8 Å². The number of rotatable bonds is 5. The number of aromatic nitrogens is 2. The predicted molar refractivity (Wildman–Crippen MR) is 110 cm³/mol. The Labute approximate surface area is 176 Å². The molecule has 9 nitrogen and oxygen atoms in total. The third kappa shape index (κ3) is 4.01. The van der Waals surface area contributed by atoms with E-state index in [-0.39, 0.29) is 35.9 Å². The van der Waals surface area contributed by atoms with E-state index in [9.17, 15) is 13.2 Å². The van der Waals surface area contributed by atoms with Crippen LogP contribution < -0.4 is 14.8 Å². The largest absolute Gasteiger partial charge is 0.486 e. The number of anilines is 1. The maximum atomic E-state index is 13.0. The molecule has 0 aliphatic carbocycles. The average molecular weight is 435 g/mol. The number of nitrogens with one attached hydrogen (secondary N) is 1. The number of benzene rings is 1. The predicted octanol–water partition coefficient (Wildman–Crippen LogP) is 2.27. The number of hydrogen-bond donors (Lipinski definition) is 1. The number of hydrogen-bond acceptors (Lipinski definition) is 6. The molecule has 2 aromatic rings. The second-order valence-electron chi connectivity index (χ2n) is 7.73. The molecule has 0 unspecified atom stereocenters. The number of amides is 1. The summed E-state index contributed by atoms with van der Waals surface area (Å²) in [6.07, 6.45) is 2.58. The minimum Gasteiger partial charge on any atom is -0.486 e. The van der Waals surface area contributed by atoms with E-state index in [0.29, 0.717) is 43.4 Å². The van der Waals surface area contributed by atoms with Crippen LogP contribution in [0, 0.1) is 5.92 Å². The highest BCUT2D eigenvalue weighted by Crippen LogP contribution is 2.34. The van der Waals surface area contributed by atoms with Gasteiger partial charge in [-0.15, -0.1) is 0 Å². The number of fused-ring (bicyclic) bond motifs is 1. The molecule has 0 bridgehead atoms. The Morgan fingerprint density at radius 3 is 2.53 bits per heavy atom. The van der Waals surface area contributed by atoms with E-state index in [0.717, 1.165) is 0 Å². The van der Waals surface area contributed by atoms with E-state index in [1.54, 1.807) is 23.0 Å². The van der Waals surface area contributed by atoms with Crippen molar-refractivity contribution in [1.82, 2.24) is 14.1 Å². The molecule has 1 aromatic carbocycles. The molecule has 1 fully saturated rings. The summed E-state index contributed by atoms with van der Waals surface area (Å²) >= 11 is 0. The molecule has 2 aliphatic heterocycles. The van der Waals surface area contributed by atoms with Gasteiger partial charge < -0.3 is 14.8 Å². The third-order valence-electron chi connectivity index (χ3n) is 5.39. The molecule has 1 saturated heterocycles. The van der Waals surface area contributed by atoms with Crippen molar-refractivity contribution in [2.75, 3.05) is 31.6 Å². The zero-order chi connectivity index (χ0) is 21.3. The normalized spacial score (nSPS) is 17.8. The molecule has 0 radical (unpaired) electrons. The highest BCUT2D eigenvalue weighted by molar-refractivity contribution is 7.89. The fourth-order valence-corrected chi connectivity index (χ4v) is 5.23. The number of carbonyl (C=O) groups excluding carboxylic acids is 1. The Hall–Kier alpha value is -2.59. The van der Waals surface area contributed by atoms with Crippen molar-refractivity contribution in [3.05, 3.63) is 30.5 Å². The van der Waals surface area contributed by atoms with Crippen molar-refractivity contribution >= 4 is 21.7 Å². The van der Waals surface area contributed by atoms with Crippen LogP contribution in [0.25, 0.3) is 0 Å². The molecule has 0 spiro atoms. The molecular weight excluding hydrogens is 408 g/mol. The van der Waals surface area contributed by atoms with Crippen LogP contribution in [0.2, 0.25) is 0 Å². The van der Waals surface area contributed by atoms with Crippen LogP contribution in [-0.4, -0.2) is 54.7 Å². The molecule has 4 rings (SSSR count). The van der Waals surface area contributed by atoms with Gasteiger partial charge in [0.2, 0.25) is 15.9 Å². The maximum Gasteiger partial charge on any atom is 0.243 e. The lowest BCUT2D eigenvalue weighted by atomic mass is 9.97. The molecule has 30 heavy (non-hydrogen) atoms. The summed E-state index contributed by atoms with van der Waals surface area (Å²) in [4.78, 5) is 12.9. The van der Waals surface area contributed by atoms with Crippen LogP contribution in [0.3, 0.4) is 0 Å². The molecule has 3 heterocycles. The Morgan fingerprint density at radius 1 is 1.13 bits per heavy atom. The van der Waals surface area contributed by atoms with Gasteiger partial charge in [-0.05, 0) is 38.8 Å². The lowest BCUT2D eigenvalue weighted by Gasteiger charge is -2.31. The summed E-state index contributed by atoms with van der Waals surface area (Å²) in [5.41, 5.74) is 0. The minimum absolute atomic E-state index is 0.103. The van der Waals surface area contributed by atoms with Crippen molar-refractivity contribution in [3.8, 4) is 11.5 Å². The van der Waals surface area contributed by atoms with Gasteiger partial charge in [-0.1, -0.05) is 0 Å². The van der Waals surface area contributed by atoms with E-state index in [2.05, 4.69) is 10.4 Å². The van der Waals surface area contributed by atoms with Crippen molar-refractivity contribution < 1.29 is 22.7 Å². The van der Waals surface area contributed by atoms with E-state index in [4.69, 9.17) is 9.47 Å². The van der Waals surface area contributed by atoms with Gasteiger partial charge in [0, 0.05) is 37.2 Å². The Bertz CT molecular complexity index is 1030. The summed E-state index contributed by atoms with van der Waals surface area (Å²) in [6, 6.07) is 6.57. The zero-order valence-electron chi connectivity index (χ0n) is 17.1. The Balaban J connectivity index is 1.40. The molecular formula is C20H26N4O5S. The van der Waals surface area contributed by atoms with Gasteiger partial charge in [0.25, 0.3) is 0 Å². The van der Waals surface area contributed by atoms with Gasteiger partial charge in [0.05, 0.1) is 11.1 Å². The number of nitrogens with zero attached hydrogens (tertiary/aromatic N) is 3. The second-order valence-corrected chi connectivity index (χ2v) is 9.67. The first-order chi connectivity index (χ1) is 14.4. The average Bonchev–Trinajstić information content (AvgIpc) is 3.22. The summed E-state index contributed by atoms with van der Waals surface area (Å²) < 4.78 is 40.2. The molecule has 10 heteroatoms. The van der Waals surface area contributed by atoms with Gasteiger partial charge in [0.15, 0.2) is 11.5 Å². The minimum atomic E-state index is -3.66. The lowest BCUT2D eigenvalue weighted by molar-refractivity contribution is -0.121. The van der Waals surface area contributed by atoms with E-state index >= 15 is 0 Å². The quantitative estimate of drug-likeness (QED) is 0.775. The summed E-state index contributed by atoms with van der Waals surface area (Å²) in [7, 11) is -3.66. The summed E-state index contributed by atoms with van der Waals surface area (Å²) in [6.45, 7) is 5.41. The third-order valence-corrected chi connectivity index (χ3v) is 7.28. The van der Waals surface area contributed by atoms with Crippen molar-refractivity contribution in [1.29, 1.82) is 0 Å². The highest BCUT2D eigenvalue weighted by Gasteiger charge is 2.33. The number of piperidine rings is 1. The smallest absolute Gasteiger partial charge is 0.243 e. The highest BCUT2D eigenvalue weighted by atomic mass is 32.2. The molecule has 1 aromatic heterocycles. The van der Waals surface area contributed by atoms with Crippen LogP contribution in [0.5, 0.6) is 11.5 Å². The van der Waals surface area contributed by atoms with Gasteiger partial charge in [-0.2, -0.15) is 9.40 Å². The van der Waals surface area contributed by atoms with Crippen molar-refractivity contribution in [2.45, 2.75) is 37.6 Å². The fourth-order valence-electron chi connectivity index (χ4n) is 3.74. The molecule has 1 N–H and O–H groups in total. The number of ether oxygens (including phenoxy) is 2. The summed E-state index contributed by atoms with van der Waals surface area (Å²) in [5.74, 6) is 1.30. The molecule has 162 valence electrons. The fraction of sp³-hybridized carbons (Fsp3) is 0.500. The second kappa shape index (κ2) is 8.27. The van der Waals surface area contributed by atoms with Gasteiger partial charge in [-0.3, -0.25) is 4.79 Å². The first kappa shape index (κ1) is 20.7. The molecule has 2 aliphatic rings. The number of sulfonamides is 1. The molecule has 0 saturated carbocycles. The van der Waals surface area contributed by atoms with Gasteiger partial charge >= 0.3 is 0 Å². The van der Waals surface area contributed by atoms with Gasteiger partial charge in [-0.25, -0.2) is 13.1 Å². The molecule has 1 amide bonds. The van der Waals surface area contributed by atoms with Crippen LogP contribution in [0.15, 0.2) is 35.4 Å². The Morgan fingerprint density at radius 2 is 1.83 bits per heavy atom. The zero-order valence-corrected chi connectivity index (χ0v) is 17.9. The Kier molecular flexibility index (Phi) is 5.70. The first-order valence-electron chi connectivity index (χ1n) is 10.1. The van der Waals surface area contributed by atoms with E-state index in [1.165, 1.54) is 16.4 Å². The first-order valence-corrected chi connectivity index (χ1v) is 11.5. The lowest BCUT2D eigenvalue weighted by Crippen LogP contribution is -2.41.